The van der Waals surface area contributed by atoms with E-state index in [2.05, 4.69) is 35.0 Å². The molecule has 0 bridgehead atoms. The molecule has 0 fully saturated rings. The molecule has 7 nitrogen and oxygen atoms in total. The van der Waals surface area contributed by atoms with Gasteiger partial charge in [-0.1, -0.05) is 18.2 Å². The molecule has 0 radical (unpaired) electrons. The Morgan fingerprint density at radius 3 is 2.30 bits per heavy atom. The van der Waals surface area contributed by atoms with Gasteiger partial charge < -0.3 is 19.9 Å². The van der Waals surface area contributed by atoms with Crippen LogP contribution in [0.1, 0.15) is 16.1 Å². The first-order valence-electron chi connectivity index (χ1n) is 9.57. The molecule has 3 rings (SSSR count). The van der Waals surface area contributed by atoms with Crippen LogP contribution in [-0.4, -0.2) is 58.9 Å². The number of aromatic nitrogens is 1. The molecule has 1 heterocycles. The second-order valence-electron chi connectivity index (χ2n) is 7.25. The first-order valence-corrected chi connectivity index (χ1v) is 9.57. The molecule has 2 aromatic carbocycles. The summed E-state index contributed by atoms with van der Waals surface area (Å²) >= 11 is 0. The van der Waals surface area contributed by atoms with E-state index in [1.165, 1.54) is 19.8 Å². The fourth-order valence-electron chi connectivity index (χ4n) is 3.55. The lowest BCUT2D eigenvalue weighted by molar-refractivity contribution is -0.135. The maximum Gasteiger partial charge on any atom is 0.254 e. The molecule has 2 amide bonds. The van der Waals surface area contributed by atoms with Crippen LogP contribution in [0.3, 0.4) is 0 Å². The summed E-state index contributed by atoms with van der Waals surface area (Å²) in [6, 6.07) is 14.0. The lowest BCUT2D eigenvalue weighted by Gasteiger charge is -2.25. The number of nitrogens with zero attached hydrogens (tertiary/aromatic N) is 2. The van der Waals surface area contributed by atoms with Crippen molar-refractivity contribution in [3.05, 3.63) is 59.8 Å². The summed E-state index contributed by atoms with van der Waals surface area (Å²) in [4.78, 5) is 37.8. The second-order valence-corrected chi connectivity index (χ2v) is 7.25. The molecule has 1 unspecified atom stereocenters. The van der Waals surface area contributed by atoms with E-state index in [-0.39, 0.29) is 0 Å². The minimum atomic E-state index is -1.38. The first kappa shape index (κ1) is 21.3. The number of ketones is 1. The third-order valence-electron chi connectivity index (χ3n) is 5.41. The number of amides is 2. The van der Waals surface area contributed by atoms with Crippen LogP contribution in [0, 0.1) is 6.92 Å². The molecule has 156 valence electrons. The van der Waals surface area contributed by atoms with Gasteiger partial charge in [0.05, 0.1) is 0 Å². The molecule has 0 spiro atoms. The summed E-state index contributed by atoms with van der Waals surface area (Å²) in [6.07, 6.45) is 0. The summed E-state index contributed by atoms with van der Waals surface area (Å²) < 4.78 is 2.13. The van der Waals surface area contributed by atoms with Crippen molar-refractivity contribution >= 4 is 28.5 Å². The predicted molar refractivity (Wildman–Crippen MR) is 115 cm³/mol. The molecule has 7 heteroatoms. The average Bonchev–Trinajstić information content (AvgIpc) is 3.05. The zero-order chi connectivity index (χ0) is 22.0. The summed E-state index contributed by atoms with van der Waals surface area (Å²) in [5, 5.41) is 12.6. The van der Waals surface area contributed by atoms with Crippen molar-refractivity contribution < 1.29 is 19.5 Å². The summed E-state index contributed by atoms with van der Waals surface area (Å²) in [6.45, 7) is 1.24. The quantitative estimate of drug-likeness (QED) is 0.611. The highest BCUT2D eigenvalue weighted by Gasteiger charge is 2.32. The predicted octanol–water partition coefficient (Wildman–Crippen LogP) is 1.90. The van der Waals surface area contributed by atoms with E-state index in [4.69, 9.17) is 5.11 Å². The maximum atomic E-state index is 12.8. The average molecular weight is 407 g/mol. The Balaban J connectivity index is 1.86. The summed E-state index contributed by atoms with van der Waals surface area (Å²) in [7, 11) is 4.77. The Bertz CT molecular complexity index is 1100. The number of aliphatic hydroxyl groups excluding tert-OH is 1. The normalized spacial score (nSPS) is 11.9. The van der Waals surface area contributed by atoms with E-state index in [0.29, 0.717) is 5.56 Å². The van der Waals surface area contributed by atoms with Gasteiger partial charge in [0.15, 0.2) is 11.8 Å². The van der Waals surface area contributed by atoms with E-state index >= 15 is 0 Å². The molecular weight excluding hydrogens is 382 g/mol. The number of carbonyl (C=O) groups excluding carboxylic acids is 3. The largest absolute Gasteiger partial charge is 0.388 e. The van der Waals surface area contributed by atoms with E-state index < -0.39 is 30.2 Å². The van der Waals surface area contributed by atoms with Gasteiger partial charge in [-0.2, -0.15) is 0 Å². The van der Waals surface area contributed by atoms with Gasteiger partial charge in [0.25, 0.3) is 5.91 Å². The van der Waals surface area contributed by atoms with E-state index in [9.17, 15) is 14.4 Å². The van der Waals surface area contributed by atoms with E-state index in [1.54, 1.807) is 12.1 Å². The Morgan fingerprint density at radius 1 is 1.07 bits per heavy atom. The van der Waals surface area contributed by atoms with Crippen LogP contribution in [0.15, 0.2) is 48.5 Å². The van der Waals surface area contributed by atoms with Crippen LogP contribution in [0.2, 0.25) is 0 Å². The number of aryl methyl sites for hydroxylation is 2. The van der Waals surface area contributed by atoms with Crippen molar-refractivity contribution in [2.24, 2.45) is 7.05 Å². The van der Waals surface area contributed by atoms with Crippen LogP contribution >= 0.6 is 0 Å². The van der Waals surface area contributed by atoms with Crippen LogP contribution < -0.4 is 5.32 Å². The second kappa shape index (κ2) is 8.51. The Kier molecular flexibility index (Phi) is 6.03. The van der Waals surface area contributed by atoms with Gasteiger partial charge in [-0.15, -0.1) is 0 Å². The molecule has 0 saturated carbocycles. The van der Waals surface area contributed by atoms with Crippen LogP contribution in [0.25, 0.3) is 22.0 Å². The van der Waals surface area contributed by atoms with Gasteiger partial charge in [0.1, 0.15) is 6.61 Å². The number of aliphatic hydroxyl groups is 1. The van der Waals surface area contributed by atoms with E-state index in [1.807, 2.05) is 25.2 Å². The minimum absolute atomic E-state index is 0.345. The number of hydrogen-bond donors (Lipinski definition) is 2. The zero-order valence-corrected chi connectivity index (χ0v) is 17.5. The fourth-order valence-corrected chi connectivity index (χ4v) is 3.55. The van der Waals surface area contributed by atoms with Gasteiger partial charge >= 0.3 is 0 Å². The highest BCUT2D eigenvalue weighted by Crippen LogP contribution is 2.26. The number of hydrogen-bond acceptors (Lipinski definition) is 4. The van der Waals surface area contributed by atoms with Gasteiger partial charge in [-0.25, -0.2) is 0 Å². The Labute approximate surface area is 174 Å². The van der Waals surface area contributed by atoms with Crippen LogP contribution in [0.4, 0.5) is 0 Å². The molecule has 0 aliphatic carbocycles. The number of fused-ring (bicyclic) bond motifs is 1. The van der Waals surface area contributed by atoms with Crippen molar-refractivity contribution in [2.75, 3.05) is 20.7 Å². The molecule has 0 aliphatic heterocycles. The molecular formula is C23H25N3O4. The molecule has 0 saturated heterocycles. The van der Waals surface area contributed by atoms with Gasteiger partial charge in [0.2, 0.25) is 5.91 Å². The van der Waals surface area contributed by atoms with Gasteiger partial charge in [-0.3, -0.25) is 14.4 Å². The van der Waals surface area contributed by atoms with Crippen molar-refractivity contribution in [1.29, 1.82) is 0 Å². The zero-order valence-electron chi connectivity index (χ0n) is 17.5. The summed E-state index contributed by atoms with van der Waals surface area (Å²) in [5.74, 6) is -1.87. The standard InChI is InChI=1S/C23H25N3O4/c1-14-11-18-12-17(9-10-19(18)25(14)3)15-5-7-16(8-6-15)23(30)26(4)21(20(28)13-27)22(29)24-2/h5-12,21,27H,13H2,1-4H3,(H,24,29). The van der Waals surface area contributed by atoms with Crippen molar-refractivity contribution in [3.63, 3.8) is 0 Å². The van der Waals surface area contributed by atoms with E-state index in [0.717, 1.165) is 26.9 Å². The molecule has 1 atom stereocenters. The number of rotatable bonds is 6. The highest BCUT2D eigenvalue weighted by atomic mass is 16.3. The topological polar surface area (TPSA) is 91.6 Å². The number of likely N-dealkylation sites (N-methyl/N-ethyl adjacent to an activating group) is 2. The SMILES string of the molecule is CNC(=O)C(C(=O)CO)N(C)C(=O)c1ccc(-c2ccc3c(c2)cc(C)n3C)cc1. The van der Waals surface area contributed by atoms with Crippen molar-refractivity contribution in [3.8, 4) is 11.1 Å². The first-order chi connectivity index (χ1) is 14.3. The number of carbonyl (C=O) groups is 3. The molecule has 2 N–H and O–H groups in total. The lowest BCUT2D eigenvalue weighted by atomic mass is 10.0. The number of Topliss-reactive ketones (excluding diaryl/α,β-unsaturated/α-hetero) is 1. The molecule has 0 aliphatic rings. The molecule has 30 heavy (non-hydrogen) atoms. The third kappa shape index (κ3) is 3.84. The molecule has 3 aromatic rings. The lowest BCUT2D eigenvalue weighted by Crippen LogP contribution is -2.52. The minimum Gasteiger partial charge on any atom is -0.388 e. The van der Waals surface area contributed by atoms with Crippen LogP contribution in [-0.2, 0) is 16.6 Å². The van der Waals surface area contributed by atoms with Crippen LogP contribution in [0.5, 0.6) is 0 Å². The Hall–Kier alpha value is -3.45. The third-order valence-corrected chi connectivity index (χ3v) is 5.41. The van der Waals surface area contributed by atoms with Gasteiger partial charge in [-0.05, 0) is 48.4 Å². The monoisotopic (exact) mass is 407 g/mol. The van der Waals surface area contributed by atoms with Crippen molar-refractivity contribution in [1.82, 2.24) is 14.8 Å². The summed E-state index contributed by atoms with van der Waals surface area (Å²) in [5.41, 5.74) is 4.65. The van der Waals surface area contributed by atoms with Crippen molar-refractivity contribution in [2.45, 2.75) is 13.0 Å². The number of benzene rings is 2. The molecule has 1 aromatic heterocycles. The smallest absolute Gasteiger partial charge is 0.254 e. The Morgan fingerprint density at radius 2 is 1.70 bits per heavy atom. The highest BCUT2D eigenvalue weighted by molar-refractivity contribution is 6.10. The number of nitrogens with one attached hydrogen (secondary N) is 1. The van der Waals surface area contributed by atoms with Gasteiger partial charge in [0, 0.05) is 43.3 Å². The fraction of sp³-hybridized carbons (Fsp3) is 0.261. The maximum absolute atomic E-state index is 12.8.